The number of fused-ring (bicyclic) bond motifs is 1. The second-order valence-electron chi connectivity index (χ2n) is 5.62. The highest BCUT2D eigenvalue weighted by molar-refractivity contribution is 7.89. The molecule has 2 aromatic rings. The minimum atomic E-state index is -3.64. The number of anilines is 1. The third-order valence-electron chi connectivity index (χ3n) is 3.75. The number of hydrogen-bond donors (Lipinski definition) is 1. The summed E-state index contributed by atoms with van der Waals surface area (Å²) in [5.74, 6) is 0. The van der Waals surface area contributed by atoms with Crippen molar-refractivity contribution in [1.29, 1.82) is 0 Å². The van der Waals surface area contributed by atoms with Crippen molar-refractivity contribution in [2.24, 2.45) is 0 Å². The Morgan fingerprint density at radius 2 is 1.78 bits per heavy atom. The van der Waals surface area contributed by atoms with Gasteiger partial charge >= 0.3 is 0 Å². The fraction of sp³-hybridized carbons (Fsp3) is 0.167. The number of benzene rings is 2. The van der Waals surface area contributed by atoms with Crippen molar-refractivity contribution < 1.29 is 8.42 Å². The van der Waals surface area contributed by atoms with Crippen LogP contribution in [0.2, 0.25) is 0 Å². The molecule has 5 heteroatoms. The van der Waals surface area contributed by atoms with Crippen LogP contribution in [0.4, 0.5) is 5.69 Å². The van der Waals surface area contributed by atoms with Gasteiger partial charge in [-0.1, -0.05) is 36.4 Å². The molecular weight excluding hydrogens is 308 g/mol. The maximum atomic E-state index is 12.8. The van der Waals surface area contributed by atoms with Gasteiger partial charge in [-0.3, -0.25) is 4.72 Å². The fourth-order valence-electron chi connectivity index (χ4n) is 2.69. The minimum absolute atomic E-state index is 0.290. The van der Waals surface area contributed by atoms with Gasteiger partial charge in [0.25, 0.3) is 10.0 Å². The third kappa shape index (κ3) is 3.10. The van der Waals surface area contributed by atoms with Crippen molar-refractivity contribution in [3.8, 4) is 0 Å². The van der Waals surface area contributed by atoms with Crippen molar-refractivity contribution in [2.75, 3.05) is 19.0 Å². The van der Waals surface area contributed by atoms with E-state index in [1.165, 1.54) is 0 Å². The van der Waals surface area contributed by atoms with E-state index in [-0.39, 0.29) is 0 Å². The van der Waals surface area contributed by atoms with Crippen molar-refractivity contribution in [1.82, 2.24) is 4.72 Å². The summed E-state index contributed by atoms with van der Waals surface area (Å²) in [7, 11) is 0.255. The molecule has 0 aromatic heterocycles. The Morgan fingerprint density at radius 3 is 2.48 bits per heavy atom. The Bertz CT molecular complexity index is 896. The van der Waals surface area contributed by atoms with Gasteiger partial charge in [0.15, 0.2) is 0 Å². The highest BCUT2D eigenvalue weighted by atomic mass is 32.2. The van der Waals surface area contributed by atoms with E-state index in [0.717, 1.165) is 22.9 Å². The van der Waals surface area contributed by atoms with Crippen molar-refractivity contribution in [3.63, 3.8) is 0 Å². The number of nitrogens with zero attached hydrogens (tertiary/aromatic N) is 1. The molecule has 3 rings (SSSR count). The smallest absolute Gasteiger partial charge is 0.262 e. The molecule has 0 saturated carbocycles. The Morgan fingerprint density at radius 1 is 1.04 bits per heavy atom. The topological polar surface area (TPSA) is 49.4 Å². The second kappa shape index (κ2) is 6.08. The van der Waals surface area contributed by atoms with Crippen molar-refractivity contribution in [3.05, 3.63) is 66.7 Å². The van der Waals surface area contributed by atoms with E-state index in [0.29, 0.717) is 10.6 Å². The standard InChI is InChI=1S/C18H19N2O2S/c1-20(2)17-12-6-11-16-15(17)10-7-13-18(16)23(21,22)19-14-8-4-3-5-9-14/h4-13,19H,3H2,1-2H3. The summed E-state index contributed by atoms with van der Waals surface area (Å²) in [5, 5.41) is 1.63. The number of allylic oxidation sites excluding steroid dienone is 3. The lowest BCUT2D eigenvalue weighted by Crippen LogP contribution is -2.23. The van der Waals surface area contributed by atoms with E-state index >= 15 is 0 Å². The lowest BCUT2D eigenvalue weighted by molar-refractivity contribution is 0.590. The van der Waals surface area contributed by atoms with Crippen LogP contribution in [0.3, 0.4) is 0 Å². The van der Waals surface area contributed by atoms with Crippen LogP contribution in [0.25, 0.3) is 10.8 Å². The summed E-state index contributed by atoms with van der Waals surface area (Å²) in [6.07, 6.45) is 8.24. The zero-order valence-electron chi connectivity index (χ0n) is 13.2. The third-order valence-corrected chi connectivity index (χ3v) is 5.19. The van der Waals surface area contributed by atoms with Crippen LogP contribution in [-0.4, -0.2) is 22.5 Å². The fourth-order valence-corrected chi connectivity index (χ4v) is 3.97. The molecule has 2 aromatic carbocycles. The van der Waals surface area contributed by atoms with Gasteiger partial charge in [-0.15, -0.1) is 0 Å². The first-order valence-electron chi connectivity index (χ1n) is 7.41. The Labute approximate surface area is 137 Å². The highest BCUT2D eigenvalue weighted by Crippen LogP contribution is 2.30. The molecule has 23 heavy (non-hydrogen) atoms. The number of nitrogens with one attached hydrogen (secondary N) is 1. The first-order chi connectivity index (χ1) is 11.0. The van der Waals surface area contributed by atoms with E-state index in [2.05, 4.69) is 4.72 Å². The molecular formula is C18H19N2O2S. The Hall–Kier alpha value is -2.27. The van der Waals surface area contributed by atoms with Crippen LogP contribution in [0.15, 0.2) is 65.2 Å². The Kier molecular flexibility index (Phi) is 4.13. The van der Waals surface area contributed by atoms with Crippen LogP contribution >= 0.6 is 0 Å². The summed E-state index contributed by atoms with van der Waals surface area (Å²) < 4.78 is 28.2. The maximum Gasteiger partial charge on any atom is 0.262 e. The number of hydrogen-bond acceptors (Lipinski definition) is 3. The first kappa shape index (κ1) is 15.6. The lowest BCUT2D eigenvalue weighted by Gasteiger charge is -2.17. The summed E-state index contributed by atoms with van der Waals surface area (Å²) in [6, 6.07) is 11.1. The van der Waals surface area contributed by atoms with E-state index in [9.17, 15) is 8.42 Å². The number of rotatable bonds is 4. The van der Waals surface area contributed by atoms with Gasteiger partial charge in [-0.05, 0) is 31.1 Å². The van der Waals surface area contributed by atoms with Crippen LogP contribution in [-0.2, 0) is 10.0 Å². The molecule has 0 aliphatic heterocycles. The molecule has 0 bridgehead atoms. The molecule has 1 aliphatic carbocycles. The molecule has 0 spiro atoms. The van der Waals surface area contributed by atoms with Crippen molar-refractivity contribution >= 4 is 26.5 Å². The predicted molar refractivity (Wildman–Crippen MR) is 94.7 cm³/mol. The molecule has 0 fully saturated rings. The molecule has 0 unspecified atom stereocenters. The summed E-state index contributed by atoms with van der Waals surface area (Å²) in [6.45, 7) is 0. The van der Waals surface area contributed by atoms with Gasteiger partial charge in [0.1, 0.15) is 0 Å². The zero-order chi connectivity index (χ0) is 16.4. The van der Waals surface area contributed by atoms with Gasteiger partial charge in [0, 0.05) is 36.3 Å². The molecule has 119 valence electrons. The molecule has 0 heterocycles. The van der Waals surface area contributed by atoms with Gasteiger partial charge in [0.2, 0.25) is 0 Å². The van der Waals surface area contributed by atoms with Crippen LogP contribution in [0.1, 0.15) is 6.42 Å². The largest absolute Gasteiger partial charge is 0.377 e. The van der Waals surface area contributed by atoms with Gasteiger partial charge < -0.3 is 4.90 Å². The zero-order valence-corrected chi connectivity index (χ0v) is 14.0. The second-order valence-corrected chi connectivity index (χ2v) is 7.27. The monoisotopic (exact) mass is 327 g/mol. The van der Waals surface area contributed by atoms with Gasteiger partial charge in [0.05, 0.1) is 4.90 Å². The summed E-state index contributed by atoms with van der Waals surface area (Å²) in [4.78, 5) is 2.27. The van der Waals surface area contributed by atoms with Gasteiger partial charge in [-0.25, -0.2) is 8.42 Å². The molecule has 1 radical (unpaired) electrons. The van der Waals surface area contributed by atoms with Gasteiger partial charge in [-0.2, -0.15) is 0 Å². The average Bonchev–Trinajstić information content (AvgIpc) is 2.54. The van der Waals surface area contributed by atoms with Crippen LogP contribution in [0, 0.1) is 6.42 Å². The highest BCUT2D eigenvalue weighted by Gasteiger charge is 2.19. The average molecular weight is 327 g/mol. The molecule has 0 amide bonds. The normalized spacial score (nSPS) is 14.6. The van der Waals surface area contributed by atoms with Crippen molar-refractivity contribution in [2.45, 2.75) is 11.3 Å². The summed E-state index contributed by atoms with van der Waals surface area (Å²) in [5.41, 5.74) is 1.57. The lowest BCUT2D eigenvalue weighted by atomic mass is 10.1. The van der Waals surface area contributed by atoms with E-state index in [1.807, 2.05) is 55.8 Å². The molecule has 0 saturated heterocycles. The molecule has 1 aliphatic rings. The molecule has 1 N–H and O–H groups in total. The minimum Gasteiger partial charge on any atom is -0.377 e. The molecule has 0 atom stereocenters. The quantitative estimate of drug-likeness (QED) is 0.938. The van der Waals surface area contributed by atoms with Crippen LogP contribution < -0.4 is 9.62 Å². The first-order valence-corrected chi connectivity index (χ1v) is 8.89. The molecule has 4 nitrogen and oxygen atoms in total. The van der Waals surface area contributed by atoms with E-state index < -0.39 is 10.0 Å². The Balaban J connectivity index is 2.10. The predicted octanol–water partition coefficient (Wildman–Crippen LogP) is 3.23. The summed E-state index contributed by atoms with van der Waals surface area (Å²) >= 11 is 0. The van der Waals surface area contributed by atoms with E-state index in [4.69, 9.17) is 0 Å². The SMILES string of the molecule is CN(C)c1cccc2c(S(=O)(=O)NC3=C[CH]CC=C3)cccc12. The number of sulfonamides is 1. The maximum absolute atomic E-state index is 12.8. The van der Waals surface area contributed by atoms with Crippen LogP contribution in [0.5, 0.6) is 0 Å². The van der Waals surface area contributed by atoms with E-state index in [1.54, 1.807) is 24.3 Å².